The maximum absolute atomic E-state index is 13.0. The summed E-state index contributed by atoms with van der Waals surface area (Å²) in [6.07, 6.45) is 2.70. The lowest BCUT2D eigenvalue weighted by Gasteiger charge is -2.31. The summed E-state index contributed by atoms with van der Waals surface area (Å²) in [6, 6.07) is 13.6. The van der Waals surface area contributed by atoms with Gasteiger partial charge in [-0.1, -0.05) is 12.1 Å². The Bertz CT molecular complexity index is 1230. The molecular formula is C23H25N3O5S2. The molecule has 174 valence electrons. The molecule has 2 amide bonds. The fourth-order valence-corrected chi connectivity index (χ4v) is 6.71. The number of benzene rings is 1. The fourth-order valence-electron chi connectivity index (χ4n) is 3.75. The zero-order valence-electron chi connectivity index (χ0n) is 18.1. The van der Waals surface area contributed by atoms with E-state index >= 15 is 0 Å². The number of anilines is 1. The molecule has 0 bridgehead atoms. The molecule has 8 nitrogen and oxygen atoms in total. The molecule has 10 heteroatoms. The number of furan rings is 1. The number of piperidine rings is 1. The first-order chi connectivity index (χ1) is 15.8. The van der Waals surface area contributed by atoms with E-state index in [1.54, 1.807) is 48.5 Å². The van der Waals surface area contributed by atoms with Crippen LogP contribution >= 0.6 is 11.3 Å². The Labute approximate surface area is 196 Å². The minimum Gasteiger partial charge on any atom is -0.467 e. The maximum Gasteiger partial charge on any atom is 0.253 e. The number of para-hydroxylation sites is 1. The lowest BCUT2D eigenvalue weighted by Crippen LogP contribution is -2.43. The predicted molar refractivity (Wildman–Crippen MR) is 125 cm³/mol. The van der Waals surface area contributed by atoms with Gasteiger partial charge in [-0.15, -0.1) is 11.3 Å². The molecule has 4 rings (SSSR count). The number of aryl methyl sites for hydroxylation is 1. The van der Waals surface area contributed by atoms with Gasteiger partial charge in [-0.05, 0) is 56.2 Å². The van der Waals surface area contributed by atoms with Gasteiger partial charge in [-0.3, -0.25) is 9.59 Å². The van der Waals surface area contributed by atoms with Crippen LogP contribution in [0.1, 0.15) is 33.8 Å². The lowest BCUT2D eigenvalue weighted by molar-refractivity contribution is -0.120. The SMILES string of the molecule is Cc1ccc(S(=O)(=O)N2CCCC(C(=O)Nc3ccccc3C(=O)NCc3ccco3)C2)s1. The Kier molecular flexibility index (Phi) is 6.96. The minimum absolute atomic E-state index is 0.109. The molecule has 1 saturated heterocycles. The average Bonchev–Trinajstić information content (AvgIpc) is 3.50. The van der Waals surface area contributed by atoms with Gasteiger partial charge in [-0.25, -0.2) is 8.42 Å². The Morgan fingerprint density at radius 3 is 2.70 bits per heavy atom. The third kappa shape index (κ3) is 5.35. The summed E-state index contributed by atoms with van der Waals surface area (Å²) in [6.45, 7) is 2.58. The van der Waals surface area contributed by atoms with Crippen LogP contribution in [-0.4, -0.2) is 37.6 Å². The van der Waals surface area contributed by atoms with Crippen LogP contribution in [0.15, 0.2) is 63.4 Å². The number of amides is 2. The largest absolute Gasteiger partial charge is 0.467 e. The second kappa shape index (κ2) is 9.90. The molecule has 1 atom stereocenters. The number of sulfonamides is 1. The smallest absolute Gasteiger partial charge is 0.253 e. The highest BCUT2D eigenvalue weighted by Gasteiger charge is 2.34. The number of hydrogen-bond acceptors (Lipinski definition) is 6. The molecule has 1 aromatic carbocycles. The summed E-state index contributed by atoms with van der Waals surface area (Å²) in [5.74, 6) is -0.533. The van der Waals surface area contributed by atoms with Gasteiger partial charge in [0.05, 0.1) is 30.0 Å². The fraction of sp³-hybridized carbons (Fsp3) is 0.304. The summed E-state index contributed by atoms with van der Waals surface area (Å²) in [5.41, 5.74) is 0.708. The highest BCUT2D eigenvalue weighted by Crippen LogP contribution is 2.29. The van der Waals surface area contributed by atoms with Crippen LogP contribution in [0.2, 0.25) is 0 Å². The second-order valence-corrected chi connectivity index (χ2v) is 11.3. The molecule has 1 fully saturated rings. The normalized spacial score (nSPS) is 16.9. The van der Waals surface area contributed by atoms with Crippen LogP contribution in [0, 0.1) is 12.8 Å². The van der Waals surface area contributed by atoms with E-state index in [4.69, 9.17) is 4.42 Å². The standard InChI is InChI=1S/C23H25N3O5S2/c1-16-10-11-21(32-16)33(29,30)26-12-4-6-17(15-26)22(27)25-20-9-3-2-8-19(20)23(28)24-14-18-7-5-13-31-18/h2-3,5,7-11,13,17H,4,6,12,14-15H2,1H3,(H,24,28)(H,25,27). The first-order valence-electron chi connectivity index (χ1n) is 10.6. The van der Waals surface area contributed by atoms with E-state index in [9.17, 15) is 18.0 Å². The highest BCUT2D eigenvalue weighted by atomic mass is 32.2. The van der Waals surface area contributed by atoms with Crippen molar-refractivity contribution < 1.29 is 22.4 Å². The van der Waals surface area contributed by atoms with E-state index in [0.717, 1.165) is 4.88 Å². The van der Waals surface area contributed by atoms with Crippen molar-refractivity contribution in [2.45, 2.75) is 30.5 Å². The number of hydrogen-bond donors (Lipinski definition) is 2. The van der Waals surface area contributed by atoms with Crippen LogP contribution in [0.25, 0.3) is 0 Å². The van der Waals surface area contributed by atoms with Crippen molar-refractivity contribution >= 4 is 38.9 Å². The van der Waals surface area contributed by atoms with Gasteiger partial charge in [0.15, 0.2) is 0 Å². The number of thiophene rings is 1. The van der Waals surface area contributed by atoms with Crippen LogP contribution in [-0.2, 0) is 21.4 Å². The number of nitrogens with one attached hydrogen (secondary N) is 2. The summed E-state index contributed by atoms with van der Waals surface area (Å²) < 4.78 is 32.9. The van der Waals surface area contributed by atoms with Gasteiger partial charge in [0.25, 0.3) is 15.9 Å². The maximum atomic E-state index is 13.0. The molecule has 0 saturated carbocycles. The average molecular weight is 488 g/mol. The quantitative estimate of drug-likeness (QED) is 0.529. The van der Waals surface area contributed by atoms with E-state index in [1.165, 1.54) is 21.9 Å². The molecule has 3 heterocycles. The zero-order valence-corrected chi connectivity index (χ0v) is 19.7. The van der Waals surface area contributed by atoms with E-state index in [2.05, 4.69) is 10.6 Å². The molecule has 0 radical (unpaired) electrons. The van der Waals surface area contributed by atoms with Crippen LogP contribution in [0.4, 0.5) is 5.69 Å². The molecule has 3 aromatic rings. The third-order valence-electron chi connectivity index (χ3n) is 5.50. The number of carbonyl (C=O) groups is 2. The molecular weight excluding hydrogens is 462 g/mol. The van der Waals surface area contributed by atoms with Crippen molar-refractivity contribution in [2.24, 2.45) is 5.92 Å². The van der Waals surface area contributed by atoms with E-state index in [-0.39, 0.29) is 24.9 Å². The predicted octanol–water partition coefficient (Wildman–Crippen LogP) is 3.62. The van der Waals surface area contributed by atoms with Gasteiger partial charge in [0.1, 0.15) is 9.97 Å². The van der Waals surface area contributed by atoms with Crippen molar-refractivity contribution in [3.05, 3.63) is 71.0 Å². The molecule has 1 aliphatic heterocycles. The summed E-state index contributed by atoms with van der Waals surface area (Å²) in [5, 5.41) is 5.60. The van der Waals surface area contributed by atoms with Gasteiger partial charge in [0, 0.05) is 18.0 Å². The van der Waals surface area contributed by atoms with Crippen molar-refractivity contribution in [2.75, 3.05) is 18.4 Å². The first kappa shape index (κ1) is 23.2. The number of rotatable bonds is 7. The number of carbonyl (C=O) groups excluding carboxylic acids is 2. The van der Waals surface area contributed by atoms with Crippen LogP contribution < -0.4 is 10.6 Å². The topological polar surface area (TPSA) is 109 Å². The Balaban J connectivity index is 1.43. The van der Waals surface area contributed by atoms with Crippen molar-refractivity contribution in [3.63, 3.8) is 0 Å². The second-order valence-electron chi connectivity index (χ2n) is 7.86. The van der Waals surface area contributed by atoms with Gasteiger partial charge in [-0.2, -0.15) is 4.31 Å². The minimum atomic E-state index is -3.63. The summed E-state index contributed by atoms with van der Waals surface area (Å²) in [7, 11) is -3.63. The lowest BCUT2D eigenvalue weighted by atomic mass is 9.98. The molecule has 1 aliphatic rings. The first-order valence-corrected chi connectivity index (χ1v) is 12.9. The molecule has 0 aliphatic carbocycles. The molecule has 0 spiro atoms. The Morgan fingerprint density at radius 1 is 1.15 bits per heavy atom. The summed E-state index contributed by atoms with van der Waals surface area (Å²) >= 11 is 1.23. The zero-order chi connectivity index (χ0) is 23.4. The molecule has 1 unspecified atom stereocenters. The van der Waals surface area contributed by atoms with Crippen LogP contribution in [0.5, 0.6) is 0 Å². The van der Waals surface area contributed by atoms with Crippen LogP contribution in [0.3, 0.4) is 0 Å². The van der Waals surface area contributed by atoms with Gasteiger partial charge < -0.3 is 15.1 Å². The number of nitrogens with zero attached hydrogens (tertiary/aromatic N) is 1. The highest BCUT2D eigenvalue weighted by molar-refractivity contribution is 7.91. The third-order valence-corrected chi connectivity index (χ3v) is 8.83. The molecule has 33 heavy (non-hydrogen) atoms. The van der Waals surface area contributed by atoms with Gasteiger partial charge in [0.2, 0.25) is 5.91 Å². The van der Waals surface area contributed by atoms with Crippen molar-refractivity contribution in [1.29, 1.82) is 0 Å². The monoisotopic (exact) mass is 487 g/mol. The van der Waals surface area contributed by atoms with Gasteiger partial charge >= 0.3 is 0 Å². The van der Waals surface area contributed by atoms with E-state index in [0.29, 0.717) is 40.6 Å². The summed E-state index contributed by atoms with van der Waals surface area (Å²) in [4.78, 5) is 26.6. The van der Waals surface area contributed by atoms with Crippen molar-refractivity contribution in [1.82, 2.24) is 9.62 Å². The van der Waals surface area contributed by atoms with E-state index < -0.39 is 15.9 Å². The van der Waals surface area contributed by atoms with Crippen molar-refractivity contribution in [3.8, 4) is 0 Å². The molecule has 2 N–H and O–H groups in total. The Morgan fingerprint density at radius 2 is 1.97 bits per heavy atom. The Hall–Kier alpha value is -2.95. The van der Waals surface area contributed by atoms with E-state index in [1.807, 2.05) is 6.92 Å². The molecule has 2 aromatic heterocycles.